The van der Waals surface area contributed by atoms with E-state index >= 15 is 0 Å². The molecule has 2 fully saturated rings. The minimum absolute atomic E-state index is 0. The molecule has 0 radical (unpaired) electrons. The lowest BCUT2D eigenvalue weighted by Crippen LogP contribution is -2.36. The predicted octanol–water partition coefficient (Wildman–Crippen LogP) is 1.41. The second kappa shape index (κ2) is 4.29. The summed E-state index contributed by atoms with van der Waals surface area (Å²) in [5, 5.41) is 12.0. The molecule has 1 saturated heterocycles. The summed E-state index contributed by atoms with van der Waals surface area (Å²) in [7, 11) is 0. The van der Waals surface area contributed by atoms with Crippen LogP contribution >= 0.6 is 12.4 Å². The van der Waals surface area contributed by atoms with Crippen LogP contribution in [0.15, 0.2) is 0 Å². The number of carboxylic acids is 1. The minimum Gasteiger partial charge on any atom is -0.480 e. The number of carboxylic acid groups (broad SMARTS) is 1. The molecular weight excluding hydrogens is 190 g/mol. The quantitative estimate of drug-likeness (QED) is 0.681. The van der Waals surface area contributed by atoms with E-state index in [-0.39, 0.29) is 18.4 Å². The first-order chi connectivity index (χ1) is 5.77. The second-order valence-corrected chi connectivity index (χ2v) is 3.94. The van der Waals surface area contributed by atoms with Gasteiger partial charge in [-0.1, -0.05) is 12.8 Å². The fraction of sp³-hybridized carbons (Fsp3) is 0.889. The number of nitrogens with one attached hydrogen (secondary N) is 1. The second-order valence-electron chi connectivity index (χ2n) is 3.94. The van der Waals surface area contributed by atoms with Crippen LogP contribution in [0.25, 0.3) is 0 Å². The minimum atomic E-state index is -0.676. The molecule has 1 heterocycles. The summed E-state index contributed by atoms with van der Waals surface area (Å²) in [6, 6.07) is 0.234. The average Bonchev–Trinajstić information content (AvgIpc) is 2.46. The Balaban J connectivity index is 0.000000845. The van der Waals surface area contributed by atoms with Gasteiger partial charge in [0.1, 0.15) is 6.04 Å². The lowest BCUT2D eigenvalue weighted by molar-refractivity contribution is -0.139. The highest BCUT2D eigenvalue weighted by Gasteiger charge is 2.37. The van der Waals surface area contributed by atoms with Crippen molar-refractivity contribution in [2.24, 2.45) is 5.92 Å². The highest BCUT2D eigenvalue weighted by atomic mass is 35.5. The van der Waals surface area contributed by atoms with Crippen LogP contribution in [-0.4, -0.2) is 23.2 Å². The standard InChI is InChI=1S/C9H15NO2.ClH/c11-9(12)8-5-6-3-1-2-4-7(6)10-8;/h6-8,10H,1-5H2,(H,11,12);1H/t6-,7+,8+;/m1./s1. The molecule has 0 aromatic rings. The summed E-state index contributed by atoms with van der Waals surface area (Å²) in [5.74, 6) is -0.0377. The number of carbonyl (C=O) groups is 1. The van der Waals surface area contributed by atoms with Gasteiger partial charge in [0.25, 0.3) is 0 Å². The summed E-state index contributed by atoms with van der Waals surface area (Å²) >= 11 is 0. The first-order valence-electron chi connectivity index (χ1n) is 4.76. The van der Waals surface area contributed by atoms with E-state index in [0.29, 0.717) is 12.0 Å². The first kappa shape index (κ1) is 10.8. The molecule has 1 saturated carbocycles. The SMILES string of the molecule is Cl.O=C(O)[C@@H]1C[C@H]2CCCC[C@@H]2N1. The van der Waals surface area contributed by atoms with Crippen molar-refractivity contribution in [3.63, 3.8) is 0 Å². The molecule has 2 aliphatic rings. The van der Waals surface area contributed by atoms with Crippen LogP contribution in [0, 0.1) is 5.92 Å². The number of halogens is 1. The molecule has 1 aliphatic heterocycles. The van der Waals surface area contributed by atoms with Crippen LogP contribution in [0.4, 0.5) is 0 Å². The lowest BCUT2D eigenvalue weighted by Gasteiger charge is -2.24. The van der Waals surface area contributed by atoms with Gasteiger partial charge in [0, 0.05) is 6.04 Å². The molecule has 1 aliphatic carbocycles. The number of hydrogen-bond donors (Lipinski definition) is 2. The van der Waals surface area contributed by atoms with Crippen LogP contribution in [0.1, 0.15) is 32.1 Å². The molecule has 2 rings (SSSR count). The van der Waals surface area contributed by atoms with E-state index in [4.69, 9.17) is 5.11 Å². The van der Waals surface area contributed by atoms with Gasteiger partial charge < -0.3 is 10.4 Å². The summed E-state index contributed by atoms with van der Waals surface area (Å²) in [5.41, 5.74) is 0. The van der Waals surface area contributed by atoms with Gasteiger partial charge in [-0.25, -0.2) is 0 Å². The van der Waals surface area contributed by atoms with E-state index in [1.165, 1.54) is 25.7 Å². The van der Waals surface area contributed by atoms with Crippen molar-refractivity contribution in [3.8, 4) is 0 Å². The molecule has 2 N–H and O–H groups in total. The Morgan fingerprint density at radius 3 is 2.62 bits per heavy atom. The number of fused-ring (bicyclic) bond motifs is 1. The maximum Gasteiger partial charge on any atom is 0.320 e. The van der Waals surface area contributed by atoms with Crippen molar-refractivity contribution < 1.29 is 9.90 Å². The van der Waals surface area contributed by atoms with Crippen molar-refractivity contribution in [1.82, 2.24) is 5.32 Å². The summed E-state index contributed by atoms with van der Waals surface area (Å²) in [6.45, 7) is 0. The fourth-order valence-electron chi connectivity index (χ4n) is 2.51. The molecule has 0 spiro atoms. The monoisotopic (exact) mass is 205 g/mol. The zero-order chi connectivity index (χ0) is 8.55. The van der Waals surface area contributed by atoms with Gasteiger partial charge in [-0.3, -0.25) is 4.79 Å². The maximum absolute atomic E-state index is 10.7. The lowest BCUT2D eigenvalue weighted by atomic mass is 9.85. The number of rotatable bonds is 1. The number of hydrogen-bond acceptors (Lipinski definition) is 2. The molecule has 0 bridgehead atoms. The zero-order valence-corrected chi connectivity index (χ0v) is 8.35. The Labute approximate surface area is 84.3 Å². The number of aliphatic carboxylic acids is 1. The van der Waals surface area contributed by atoms with Crippen LogP contribution in [0.2, 0.25) is 0 Å². The highest BCUT2D eigenvalue weighted by molar-refractivity contribution is 5.85. The summed E-state index contributed by atoms with van der Waals surface area (Å²) < 4.78 is 0. The van der Waals surface area contributed by atoms with Crippen molar-refractivity contribution in [2.45, 2.75) is 44.2 Å². The smallest absolute Gasteiger partial charge is 0.320 e. The Hall–Kier alpha value is -0.280. The van der Waals surface area contributed by atoms with Gasteiger partial charge in [-0.15, -0.1) is 12.4 Å². The largest absolute Gasteiger partial charge is 0.480 e. The first-order valence-corrected chi connectivity index (χ1v) is 4.76. The molecule has 3 nitrogen and oxygen atoms in total. The molecular formula is C9H16ClNO2. The topological polar surface area (TPSA) is 49.3 Å². The normalized spacial score (nSPS) is 37.7. The third kappa shape index (κ3) is 2.15. The molecule has 0 amide bonds. The Morgan fingerprint density at radius 1 is 1.31 bits per heavy atom. The zero-order valence-electron chi connectivity index (χ0n) is 7.53. The van der Waals surface area contributed by atoms with E-state index in [1.807, 2.05) is 0 Å². The molecule has 13 heavy (non-hydrogen) atoms. The van der Waals surface area contributed by atoms with Crippen LogP contribution < -0.4 is 5.32 Å². The third-order valence-electron chi connectivity index (χ3n) is 3.16. The molecule has 0 aromatic heterocycles. The Kier molecular flexibility index (Phi) is 3.56. The van der Waals surface area contributed by atoms with Gasteiger partial charge in [-0.2, -0.15) is 0 Å². The van der Waals surface area contributed by atoms with Crippen molar-refractivity contribution in [2.75, 3.05) is 0 Å². The van der Waals surface area contributed by atoms with Gasteiger partial charge >= 0.3 is 5.97 Å². The van der Waals surface area contributed by atoms with Gasteiger partial charge in [0.05, 0.1) is 0 Å². The van der Waals surface area contributed by atoms with Gasteiger partial charge in [-0.05, 0) is 25.2 Å². The van der Waals surface area contributed by atoms with E-state index < -0.39 is 5.97 Å². The van der Waals surface area contributed by atoms with Crippen LogP contribution in [-0.2, 0) is 4.79 Å². The average molecular weight is 206 g/mol. The van der Waals surface area contributed by atoms with Gasteiger partial charge in [0.15, 0.2) is 0 Å². The molecule has 76 valence electrons. The Bertz CT molecular complexity index is 184. The van der Waals surface area contributed by atoms with E-state index in [9.17, 15) is 4.79 Å². The Morgan fingerprint density at radius 2 is 2.00 bits per heavy atom. The van der Waals surface area contributed by atoms with E-state index in [1.54, 1.807) is 0 Å². The van der Waals surface area contributed by atoms with E-state index in [2.05, 4.69) is 5.32 Å². The third-order valence-corrected chi connectivity index (χ3v) is 3.16. The fourth-order valence-corrected chi connectivity index (χ4v) is 2.51. The summed E-state index contributed by atoms with van der Waals surface area (Å²) in [4.78, 5) is 10.7. The maximum atomic E-state index is 10.7. The highest BCUT2D eigenvalue weighted by Crippen LogP contribution is 2.32. The molecule has 4 heteroatoms. The molecule has 0 aromatic carbocycles. The molecule has 3 atom stereocenters. The van der Waals surface area contributed by atoms with Crippen molar-refractivity contribution in [3.05, 3.63) is 0 Å². The van der Waals surface area contributed by atoms with Crippen molar-refractivity contribution >= 4 is 18.4 Å². The van der Waals surface area contributed by atoms with Gasteiger partial charge in [0.2, 0.25) is 0 Å². The van der Waals surface area contributed by atoms with E-state index in [0.717, 1.165) is 6.42 Å². The van der Waals surface area contributed by atoms with Crippen LogP contribution in [0.5, 0.6) is 0 Å². The van der Waals surface area contributed by atoms with Crippen LogP contribution in [0.3, 0.4) is 0 Å². The molecule has 0 unspecified atom stereocenters. The summed E-state index contributed by atoms with van der Waals surface area (Å²) in [6.07, 6.45) is 5.80. The van der Waals surface area contributed by atoms with Crippen molar-refractivity contribution in [1.29, 1.82) is 0 Å². The predicted molar refractivity (Wildman–Crippen MR) is 52.2 cm³/mol.